The largest absolute Gasteiger partial charge is 0.508 e. The number of rotatable bonds is 12. The van der Waals surface area contributed by atoms with Crippen molar-refractivity contribution in [2.24, 2.45) is 0 Å². The fraction of sp³-hybridized carbons (Fsp3) is 0.727. The third kappa shape index (κ3) is 12.3. The monoisotopic (exact) mass is 262 g/mol. The Hall–Kier alpha value is -1.79. The summed E-state index contributed by atoms with van der Waals surface area (Å²) in [7, 11) is 0. The highest BCUT2D eigenvalue weighted by Crippen LogP contribution is 1.96. The van der Waals surface area contributed by atoms with Gasteiger partial charge in [-0.3, -0.25) is 9.59 Å². The van der Waals surface area contributed by atoms with Crippen molar-refractivity contribution in [3.63, 3.8) is 0 Å². The Morgan fingerprint density at radius 1 is 0.722 bits per heavy atom. The molecule has 0 spiro atoms. The topological polar surface area (TPSA) is 88.1 Å². The molecule has 0 bridgehead atoms. The molecule has 0 N–H and O–H groups in total. The van der Waals surface area contributed by atoms with E-state index in [1.165, 1.54) is 0 Å². The number of hydrogen-bond donors (Lipinski definition) is 0. The van der Waals surface area contributed by atoms with E-state index >= 15 is 0 Å². The first-order chi connectivity index (χ1) is 8.81. The molecular formula is C11H18O7. The maximum atomic E-state index is 11.0. The predicted octanol–water partition coefficient (Wildman–Crippen LogP) is 1.05. The van der Waals surface area contributed by atoms with E-state index in [9.17, 15) is 14.4 Å². The smallest absolute Gasteiger partial charge is 0.468 e. The highest BCUT2D eigenvalue weighted by Gasteiger charge is 2.02. The van der Waals surface area contributed by atoms with Crippen LogP contribution in [0.1, 0.15) is 25.7 Å². The normalized spacial score (nSPS) is 9.33. The van der Waals surface area contributed by atoms with Gasteiger partial charge in [0.05, 0.1) is 26.4 Å². The fourth-order valence-electron chi connectivity index (χ4n) is 1.02. The molecule has 0 unspecified atom stereocenters. The zero-order chi connectivity index (χ0) is 13.5. The van der Waals surface area contributed by atoms with Gasteiger partial charge in [-0.15, -0.1) is 0 Å². The molecule has 0 radical (unpaired) electrons. The Labute approximate surface area is 105 Å². The second kappa shape index (κ2) is 13.3. The van der Waals surface area contributed by atoms with Gasteiger partial charge in [0.1, 0.15) is 0 Å². The van der Waals surface area contributed by atoms with Crippen molar-refractivity contribution in [2.75, 3.05) is 26.4 Å². The minimum atomic E-state index is -0.720. The lowest BCUT2D eigenvalue weighted by molar-refractivity contribution is -0.129. The molecule has 18 heavy (non-hydrogen) atoms. The van der Waals surface area contributed by atoms with Gasteiger partial charge in [-0.1, -0.05) is 0 Å². The second-order valence-corrected chi connectivity index (χ2v) is 3.30. The molecule has 7 nitrogen and oxygen atoms in total. The molecular weight excluding hydrogens is 244 g/mol. The maximum Gasteiger partial charge on any atom is 0.508 e. The van der Waals surface area contributed by atoms with Crippen LogP contribution in [0, 0.1) is 0 Å². The van der Waals surface area contributed by atoms with Gasteiger partial charge in [0.2, 0.25) is 0 Å². The first-order valence-corrected chi connectivity index (χ1v) is 5.71. The van der Waals surface area contributed by atoms with Gasteiger partial charge in [0.25, 0.3) is 12.9 Å². The van der Waals surface area contributed by atoms with Crippen molar-refractivity contribution in [3.05, 3.63) is 0 Å². The van der Waals surface area contributed by atoms with Crippen molar-refractivity contribution in [2.45, 2.75) is 25.7 Å². The van der Waals surface area contributed by atoms with Crippen LogP contribution in [-0.4, -0.2) is 45.5 Å². The second-order valence-electron chi connectivity index (χ2n) is 3.30. The van der Waals surface area contributed by atoms with Gasteiger partial charge < -0.3 is 18.9 Å². The molecule has 0 aromatic rings. The van der Waals surface area contributed by atoms with Crippen LogP contribution in [0.2, 0.25) is 0 Å². The molecule has 0 aromatic carbocycles. The van der Waals surface area contributed by atoms with Crippen molar-refractivity contribution in [1.82, 2.24) is 0 Å². The van der Waals surface area contributed by atoms with Gasteiger partial charge >= 0.3 is 6.16 Å². The molecule has 0 aliphatic heterocycles. The van der Waals surface area contributed by atoms with Gasteiger partial charge in [0.15, 0.2) is 0 Å². The molecule has 0 amide bonds. The molecule has 0 atom stereocenters. The molecule has 0 heterocycles. The first kappa shape index (κ1) is 16.2. The lowest BCUT2D eigenvalue weighted by atomic mass is 10.3. The van der Waals surface area contributed by atoms with Crippen molar-refractivity contribution in [1.29, 1.82) is 0 Å². The molecule has 0 aromatic heterocycles. The van der Waals surface area contributed by atoms with Crippen LogP contribution in [0.25, 0.3) is 0 Å². The third-order valence-electron chi connectivity index (χ3n) is 1.89. The standard InChI is InChI=1S/C11H18O7/c12-9-15-5-1-3-7-17-11(14)18-8-4-2-6-16-10-13/h9-10H,1-8H2. The SMILES string of the molecule is O=COCCCCOC(=O)OCCCCOC=O. The molecule has 0 fully saturated rings. The Bertz CT molecular complexity index is 207. The zero-order valence-electron chi connectivity index (χ0n) is 10.2. The van der Waals surface area contributed by atoms with Crippen molar-refractivity contribution >= 4 is 19.1 Å². The van der Waals surface area contributed by atoms with Gasteiger partial charge in [-0.2, -0.15) is 0 Å². The molecule has 0 rings (SSSR count). The average Bonchev–Trinajstić information content (AvgIpc) is 2.38. The summed E-state index contributed by atoms with van der Waals surface area (Å²) < 4.78 is 18.4. The highest BCUT2D eigenvalue weighted by molar-refractivity contribution is 5.59. The Morgan fingerprint density at radius 3 is 1.50 bits per heavy atom. The minimum Gasteiger partial charge on any atom is -0.468 e. The molecule has 0 saturated carbocycles. The van der Waals surface area contributed by atoms with Crippen molar-refractivity contribution in [3.8, 4) is 0 Å². The van der Waals surface area contributed by atoms with E-state index < -0.39 is 6.16 Å². The predicted molar refractivity (Wildman–Crippen MR) is 59.8 cm³/mol. The van der Waals surface area contributed by atoms with Crippen LogP contribution in [0.3, 0.4) is 0 Å². The lowest BCUT2D eigenvalue weighted by Crippen LogP contribution is -2.10. The fourth-order valence-corrected chi connectivity index (χ4v) is 1.02. The van der Waals surface area contributed by atoms with Gasteiger partial charge in [-0.25, -0.2) is 4.79 Å². The average molecular weight is 262 g/mol. The Balaban J connectivity index is 3.17. The Morgan fingerprint density at radius 2 is 1.11 bits per heavy atom. The third-order valence-corrected chi connectivity index (χ3v) is 1.89. The van der Waals surface area contributed by atoms with Crippen LogP contribution in [0.15, 0.2) is 0 Å². The number of carbonyl (C=O) groups is 3. The lowest BCUT2D eigenvalue weighted by Gasteiger charge is -2.05. The van der Waals surface area contributed by atoms with Gasteiger partial charge in [-0.05, 0) is 25.7 Å². The summed E-state index contributed by atoms with van der Waals surface area (Å²) in [6.45, 7) is 1.86. The molecule has 7 heteroatoms. The highest BCUT2D eigenvalue weighted by atomic mass is 16.7. The van der Waals surface area contributed by atoms with E-state index in [-0.39, 0.29) is 13.2 Å². The van der Waals surface area contributed by atoms with Crippen molar-refractivity contribution < 1.29 is 33.3 Å². The van der Waals surface area contributed by atoms with Crippen LogP contribution >= 0.6 is 0 Å². The van der Waals surface area contributed by atoms with Crippen LogP contribution in [-0.2, 0) is 28.5 Å². The number of carbonyl (C=O) groups excluding carboxylic acids is 3. The number of ether oxygens (including phenoxy) is 4. The van der Waals surface area contributed by atoms with E-state index in [4.69, 9.17) is 9.47 Å². The van der Waals surface area contributed by atoms with E-state index in [1.54, 1.807) is 0 Å². The molecule has 0 saturated heterocycles. The van der Waals surface area contributed by atoms with Crippen LogP contribution in [0.5, 0.6) is 0 Å². The van der Waals surface area contributed by atoms with Crippen LogP contribution in [0.4, 0.5) is 4.79 Å². The van der Waals surface area contributed by atoms with E-state index in [0.717, 1.165) is 0 Å². The summed E-state index contributed by atoms with van der Waals surface area (Å²) in [5.41, 5.74) is 0. The summed E-state index contributed by atoms with van der Waals surface area (Å²) in [6, 6.07) is 0. The summed E-state index contributed by atoms with van der Waals surface area (Å²) in [4.78, 5) is 30.6. The quantitative estimate of drug-likeness (QED) is 0.225. The van der Waals surface area contributed by atoms with Gasteiger partial charge in [0, 0.05) is 0 Å². The summed E-state index contributed by atoms with van der Waals surface area (Å²) >= 11 is 0. The minimum absolute atomic E-state index is 0.231. The summed E-state index contributed by atoms with van der Waals surface area (Å²) in [6.07, 6.45) is 1.76. The number of hydrogen-bond acceptors (Lipinski definition) is 7. The maximum absolute atomic E-state index is 11.0. The summed E-state index contributed by atoms with van der Waals surface area (Å²) in [5, 5.41) is 0. The molecule has 0 aliphatic carbocycles. The first-order valence-electron chi connectivity index (χ1n) is 5.71. The molecule has 104 valence electrons. The summed E-state index contributed by atoms with van der Waals surface area (Å²) in [5.74, 6) is 0. The Kier molecular flexibility index (Phi) is 12.0. The van der Waals surface area contributed by atoms with E-state index in [2.05, 4.69) is 9.47 Å². The number of unbranched alkanes of at least 4 members (excludes halogenated alkanes) is 2. The van der Waals surface area contributed by atoms with E-state index in [0.29, 0.717) is 51.8 Å². The van der Waals surface area contributed by atoms with Crippen LogP contribution < -0.4 is 0 Å². The van der Waals surface area contributed by atoms with E-state index in [1.807, 2.05) is 0 Å². The zero-order valence-corrected chi connectivity index (χ0v) is 10.2. The molecule has 0 aliphatic rings.